The normalized spacial score (nSPS) is 10.9. The fourth-order valence-electron chi connectivity index (χ4n) is 2.81. The molecule has 0 aliphatic carbocycles. The van der Waals surface area contributed by atoms with E-state index in [1.807, 2.05) is 14.1 Å². The number of halogens is 2. The third kappa shape index (κ3) is 4.99. The van der Waals surface area contributed by atoms with Crippen LogP contribution < -0.4 is 4.90 Å². The van der Waals surface area contributed by atoms with Crippen molar-refractivity contribution < 1.29 is 4.79 Å². The van der Waals surface area contributed by atoms with Crippen LogP contribution >= 0.6 is 35.3 Å². The second kappa shape index (κ2) is 9.02. The minimum Gasteiger partial charge on any atom is -0.308 e. The standard InChI is InChI=1S/C20H22ClN3OS.ClH/c1-13-11-14(2)18-17(12-13)22-20(26-18)24(10-9-23(3)4)19(25)15-5-7-16(21)8-6-15;/h5-8,11-12H,9-10H2,1-4H3;1H. The summed E-state index contributed by atoms with van der Waals surface area (Å²) in [4.78, 5) is 21.7. The zero-order valence-corrected chi connectivity index (χ0v) is 18.2. The van der Waals surface area contributed by atoms with Gasteiger partial charge in [0.1, 0.15) is 0 Å². The maximum Gasteiger partial charge on any atom is 0.260 e. The first-order chi connectivity index (χ1) is 12.3. The van der Waals surface area contributed by atoms with Crippen molar-refractivity contribution in [2.75, 3.05) is 32.1 Å². The summed E-state index contributed by atoms with van der Waals surface area (Å²) in [5.41, 5.74) is 3.92. The summed E-state index contributed by atoms with van der Waals surface area (Å²) in [6.45, 7) is 5.48. The smallest absolute Gasteiger partial charge is 0.260 e. The molecule has 0 fully saturated rings. The number of rotatable bonds is 5. The molecule has 0 unspecified atom stereocenters. The van der Waals surface area contributed by atoms with Gasteiger partial charge in [-0.25, -0.2) is 4.98 Å². The topological polar surface area (TPSA) is 36.4 Å². The molecule has 0 saturated carbocycles. The van der Waals surface area contributed by atoms with Gasteiger partial charge in [0.25, 0.3) is 5.91 Å². The third-order valence-corrected chi connectivity index (χ3v) is 5.63. The number of benzene rings is 2. The van der Waals surface area contributed by atoms with Gasteiger partial charge in [-0.15, -0.1) is 12.4 Å². The molecule has 0 spiro atoms. The van der Waals surface area contributed by atoms with Crippen LogP contribution in [0.15, 0.2) is 36.4 Å². The number of hydrogen-bond donors (Lipinski definition) is 0. The van der Waals surface area contributed by atoms with Gasteiger partial charge in [0, 0.05) is 23.7 Å². The Labute approximate surface area is 175 Å². The third-order valence-electron chi connectivity index (χ3n) is 4.15. The Kier molecular flexibility index (Phi) is 7.23. The zero-order chi connectivity index (χ0) is 18.8. The van der Waals surface area contributed by atoms with E-state index in [2.05, 4.69) is 30.9 Å². The highest BCUT2D eigenvalue weighted by molar-refractivity contribution is 7.22. The van der Waals surface area contributed by atoms with E-state index >= 15 is 0 Å². The quantitative estimate of drug-likeness (QED) is 0.565. The molecule has 0 saturated heterocycles. The van der Waals surface area contributed by atoms with Gasteiger partial charge >= 0.3 is 0 Å². The SMILES string of the molecule is Cc1cc(C)c2sc(N(CCN(C)C)C(=O)c3ccc(Cl)cc3)nc2c1.Cl. The molecule has 0 radical (unpaired) electrons. The maximum absolute atomic E-state index is 13.1. The molecule has 1 heterocycles. The van der Waals surface area contributed by atoms with Gasteiger partial charge in [0.15, 0.2) is 5.13 Å². The van der Waals surface area contributed by atoms with Crippen LogP contribution in [0.4, 0.5) is 5.13 Å². The van der Waals surface area contributed by atoms with Crippen LogP contribution in [0.1, 0.15) is 21.5 Å². The van der Waals surface area contributed by atoms with E-state index < -0.39 is 0 Å². The van der Waals surface area contributed by atoms with Gasteiger partial charge in [-0.2, -0.15) is 0 Å². The number of anilines is 1. The van der Waals surface area contributed by atoms with Gasteiger partial charge in [-0.05, 0) is 69.4 Å². The number of thiazole rings is 1. The number of fused-ring (bicyclic) bond motifs is 1. The molecule has 7 heteroatoms. The highest BCUT2D eigenvalue weighted by atomic mass is 35.5. The molecule has 1 aromatic heterocycles. The lowest BCUT2D eigenvalue weighted by Crippen LogP contribution is -2.36. The summed E-state index contributed by atoms with van der Waals surface area (Å²) in [6.07, 6.45) is 0. The Hall–Kier alpha value is -1.66. The van der Waals surface area contributed by atoms with Crippen molar-refractivity contribution in [3.8, 4) is 0 Å². The van der Waals surface area contributed by atoms with Crippen molar-refractivity contribution in [2.45, 2.75) is 13.8 Å². The summed E-state index contributed by atoms with van der Waals surface area (Å²) in [5, 5.41) is 1.35. The van der Waals surface area contributed by atoms with Crippen LogP contribution in [0.3, 0.4) is 0 Å². The number of likely N-dealkylation sites (N-methyl/N-ethyl adjacent to an activating group) is 1. The zero-order valence-electron chi connectivity index (χ0n) is 15.8. The minimum atomic E-state index is -0.0584. The Morgan fingerprint density at radius 2 is 1.78 bits per heavy atom. The lowest BCUT2D eigenvalue weighted by molar-refractivity contribution is 0.0985. The van der Waals surface area contributed by atoms with Gasteiger partial charge in [-0.3, -0.25) is 9.69 Å². The highest BCUT2D eigenvalue weighted by Gasteiger charge is 2.22. The van der Waals surface area contributed by atoms with E-state index in [-0.39, 0.29) is 18.3 Å². The molecule has 144 valence electrons. The molecule has 3 aromatic rings. The molecular weight excluding hydrogens is 401 g/mol. The molecule has 1 amide bonds. The van der Waals surface area contributed by atoms with Crippen LogP contribution in [-0.2, 0) is 0 Å². The molecule has 2 aromatic carbocycles. The average molecular weight is 424 g/mol. The van der Waals surface area contributed by atoms with Crippen molar-refractivity contribution in [3.05, 3.63) is 58.1 Å². The number of aromatic nitrogens is 1. The molecule has 0 atom stereocenters. The maximum atomic E-state index is 13.1. The molecule has 27 heavy (non-hydrogen) atoms. The molecule has 0 N–H and O–H groups in total. The Balaban J connectivity index is 0.00000261. The fraction of sp³-hybridized carbons (Fsp3) is 0.300. The second-order valence-electron chi connectivity index (χ2n) is 6.69. The van der Waals surface area contributed by atoms with Crippen molar-refractivity contribution in [2.24, 2.45) is 0 Å². The minimum absolute atomic E-state index is 0. The number of amides is 1. The van der Waals surface area contributed by atoms with E-state index in [9.17, 15) is 4.79 Å². The molecular formula is C20H23Cl2N3OS. The van der Waals surface area contributed by atoms with Gasteiger partial charge < -0.3 is 4.90 Å². The lowest BCUT2D eigenvalue weighted by Gasteiger charge is -2.22. The average Bonchev–Trinajstić information content (AvgIpc) is 2.99. The first kappa shape index (κ1) is 21.6. The summed E-state index contributed by atoms with van der Waals surface area (Å²) in [5.74, 6) is -0.0584. The summed E-state index contributed by atoms with van der Waals surface area (Å²) in [7, 11) is 3.99. The predicted molar refractivity (Wildman–Crippen MR) is 118 cm³/mol. The first-order valence-electron chi connectivity index (χ1n) is 8.45. The van der Waals surface area contributed by atoms with Crippen molar-refractivity contribution in [1.29, 1.82) is 0 Å². The van der Waals surface area contributed by atoms with Crippen molar-refractivity contribution in [1.82, 2.24) is 9.88 Å². The second-order valence-corrected chi connectivity index (χ2v) is 8.11. The summed E-state index contributed by atoms with van der Waals surface area (Å²) < 4.78 is 1.13. The largest absolute Gasteiger partial charge is 0.308 e. The van der Waals surface area contributed by atoms with Crippen molar-refractivity contribution in [3.63, 3.8) is 0 Å². The van der Waals surface area contributed by atoms with Crippen LogP contribution in [0.2, 0.25) is 5.02 Å². The Morgan fingerprint density at radius 3 is 2.41 bits per heavy atom. The van der Waals surface area contributed by atoms with Gasteiger partial charge in [0.2, 0.25) is 0 Å². The van der Waals surface area contributed by atoms with Gasteiger partial charge in [-0.1, -0.05) is 29.0 Å². The lowest BCUT2D eigenvalue weighted by atomic mass is 10.1. The van der Waals surface area contributed by atoms with E-state index in [4.69, 9.17) is 16.6 Å². The fourth-order valence-corrected chi connectivity index (χ4v) is 3.98. The van der Waals surface area contributed by atoms with Gasteiger partial charge in [0.05, 0.1) is 10.2 Å². The van der Waals surface area contributed by atoms with Crippen LogP contribution in [0.5, 0.6) is 0 Å². The van der Waals surface area contributed by atoms with E-state index in [1.165, 1.54) is 11.1 Å². The van der Waals surface area contributed by atoms with Crippen molar-refractivity contribution >= 4 is 56.6 Å². The number of carbonyl (C=O) groups is 1. The first-order valence-corrected chi connectivity index (χ1v) is 9.64. The van der Waals surface area contributed by atoms with Crippen LogP contribution in [0, 0.1) is 13.8 Å². The molecule has 0 aliphatic rings. The number of aryl methyl sites for hydroxylation is 2. The number of hydrogen-bond acceptors (Lipinski definition) is 4. The Bertz CT molecular complexity index is 938. The number of carbonyl (C=O) groups excluding carboxylic acids is 1. The Morgan fingerprint density at radius 1 is 1.11 bits per heavy atom. The molecule has 0 aliphatic heterocycles. The molecule has 0 bridgehead atoms. The number of nitrogens with zero attached hydrogens (tertiary/aromatic N) is 3. The molecule has 3 rings (SSSR count). The van der Waals surface area contributed by atoms with E-state index in [0.29, 0.717) is 17.1 Å². The monoisotopic (exact) mass is 423 g/mol. The van der Waals surface area contributed by atoms with E-state index in [0.717, 1.165) is 21.9 Å². The predicted octanol–water partition coefficient (Wildman–Crippen LogP) is 5.20. The summed E-state index contributed by atoms with van der Waals surface area (Å²) in [6, 6.07) is 11.2. The van der Waals surface area contributed by atoms with E-state index in [1.54, 1.807) is 40.5 Å². The van der Waals surface area contributed by atoms with Crippen LogP contribution in [0.25, 0.3) is 10.2 Å². The highest BCUT2D eigenvalue weighted by Crippen LogP contribution is 2.32. The molecule has 4 nitrogen and oxygen atoms in total. The summed E-state index contributed by atoms with van der Waals surface area (Å²) >= 11 is 7.53. The van der Waals surface area contributed by atoms with Crippen LogP contribution in [-0.4, -0.2) is 43.0 Å².